The van der Waals surface area contributed by atoms with Crippen LogP contribution in [0.15, 0.2) is 47.5 Å². The largest absolute Gasteiger partial charge is 0.462 e. The number of amides is 1. The molecule has 28 heavy (non-hydrogen) atoms. The molecule has 0 unspecified atom stereocenters. The zero-order valence-electron chi connectivity index (χ0n) is 15.3. The fourth-order valence-electron chi connectivity index (χ4n) is 2.29. The molecule has 2 heterocycles. The molecule has 0 aliphatic carbocycles. The van der Waals surface area contributed by atoms with Crippen LogP contribution in [0.5, 0.6) is 0 Å². The van der Waals surface area contributed by atoms with Crippen molar-refractivity contribution < 1.29 is 14.3 Å². The Bertz CT molecular complexity index is 959. The van der Waals surface area contributed by atoms with Crippen molar-refractivity contribution in [3.05, 3.63) is 53.0 Å². The number of nitrogens with zero attached hydrogens (tertiary/aromatic N) is 3. The molecule has 0 aliphatic rings. The molecular weight excluding hydrogens is 396 g/mol. The number of benzene rings is 1. The van der Waals surface area contributed by atoms with Gasteiger partial charge in [0.25, 0.3) is 0 Å². The Kier molecular flexibility index (Phi) is 6.72. The van der Waals surface area contributed by atoms with Gasteiger partial charge in [-0.2, -0.15) is 0 Å². The first-order valence-corrected chi connectivity index (χ1v) is 10.3. The van der Waals surface area contributed by atoms with Crippen LogP contribution in [0.3, 0.4) is 0 Å². The second-order valence-corrected chi connectivity index (χ2v) is 7.61. The van der Waals surface area contributed by atoms with E-state index in [1.807, 2.05) is 42.5 Å². The van der Waals surface area contributed by atoms with Crippen molar-refractivity contribution in [1.82, 2.24) is 15.2 Å². The highest BCUT2D eigenvalue weighted by molar-refractivity contribution is 7.99. The molecule has 1 aromatic carbocycles. The number of aryl methyl sites for hydroxylation is 1. The summed E-state index contributed by atoms with van der Waals surface area (Å²) in [6, 6.07) is 13.5. The number of hydrogen-bond acceptors (Lipinski definition) is 8. The topological polar surface area (TPSA) is 94.1 Å². The summed E-state index contributed by atoms with van der Waals surface area (Å²) in [5.41, 5.74) is 2.30. The normalized spacial score (nSPS) is 10.5. The van der Waals surface area contributed by atoms with E-state index in [9.17, 15) is 9.59 Å². The summed E-state index contributed by atoms with van der Waals surface area (Å²) in [5, 5.41) is 12.1. The van der Waals surface area contributed by atoms with Crippen LogP contribution in [0.4, 0.5) is 5.13 Å². The van der Waals surface area contributed by atoms with E-state index in [0.29, 0.717) is 27.3 Å². The van der Waals surface area contributed by atoms with E-state index in [1.54, 1.807) is 13.8 Å². The molecule has 1 amide bonds. The Balaban J connectivity index is 1.55. The van der Waals surface area contributed by atoms with Crippen LogP contribution in [0, 0.1) is 6.92 Å². The number of thiazole rings is 1. The molecule has 0 fully saturated rings. The molecule has 0 bridgehead atoms. The van der Waals surface area contributed by atoms with Gasteiger partial charge in [0.05, 0.1) is 23.7 Å². The molecule has 0 saturated carbocycles. The van der Waals surface area contributed by atoms with Crippen LogP contribution in [0.2, 0.25) is 0 Å². The van der Waals surface area contributed by atoms with Crippen molar-refractivity contribution >= 4 is 40.1 Å². The lowest BCUT2D eigenvalue weighted by Gasteiger charge is -2.03. The average molecular weight is 415 g/mol. The van der Waals surface area contributed by atoms with Crippen LogP contribution in [-0.2, 0) is 9.53 Å². The van der Waals surface area contributed by atoms with E-state index in [2.05, 4.69) is 20.5 Å². The van der Waals surface area contributed by atoms with E-state index < -0.39 is 5.97 Å². The monoisotopic (exact) mass is 414 g/mol. The Labute approximate surface area is 170 Å². The molecular formula is C19H18N4O3S2. The minimum absolute atomic E-state index is 0.159. The Morgan fingerprint density at radius 2 is 1.93 bits per heavy atom. The number of nitrogens with one attached hydrogen (secondary N) is 1. The first-order valence-electron chi connectivity index (χ1n) is 8.53. The molecule has 3 rings (SSSR count). The maximum Gasteiger partial charge on any atom is 0.350 e. The van der Waals surface area contributed by atoms with Gasteiger partial charge in [0.1, 0.15) is 9.90 Å². The summed E-state index contributed by atoms with van der Waals surface area (Å²) in [6.07, 6.45) is 0. The zero-order chi connectivity index (χ0) is 19.9. The molecule has 7 nitrogen and oxygen atoms in total. The van der Waals surface area contributed by atoms with E-state index >= 15 is 0 Å². The van der Waals surface area contributed by atoms with Gasteiger partial charge in [-0.3, -0.25) is 4.79 Å². The van der Waals surface area contributed by atoms with Crippen LogP contribution < -0.4 is 5.32 Å². The van der Waals surface area contributed by atoms with Crippen LogP contribution in [0.1, 0.15) is 22.3 Å². The molecule has 0 saturated heterocycles. The molecule has 9 heteroatoms. The average Bonchev–Trinajstić information content (AvgIpc) is 3.08. The molecule has 0 radical (unpaired) electrons. The number of anilines is 1. The van der Waals surface area contributed by atoms with Gasteiger partial charge in [0.15, 0.2) is 5.13 Å². The maximum absolute atomic E-state index is 12.2. The fraction of sp³-hybridized carbons (Fsp3) is 0.211. The second-order valence-electron chi connectivity index (χ2n) is 5.61. The highest BCUT2D eigenvalue weighted by Gasteiger charge is 2.17. The van der Waals surface area contributed by atoms with Crippen LogP contribution in [0.25, 0.3) is 11.3 Å². The number of carbonyl (C=O) groups is 2. The van der Waals surface area contributed by atoms with Crippen molar-refractivity contribution in [3.63, 3.8) is 0 Å². The zero-order valence-corrected chi connectivity index (χ0v) is 17.0. The summed E-state index contributed by atoms with van der Waals surface area (Å²) in [6.45, 7) is 3.74. The molecule has 2 aromatic heterocycles. The van der Waals surface area contributed by atoms with Crippen LogP contribution >= 0.6 is 23.1 Å². The van der Waals surface area contributed by atoms with Crippen molar-refractivity contribution in [2.24, 2.45) is 0 Å². The number of hydrogen-bond donors (Lipinski definition) is 1. The number of thioether (sulfide) groups is 1. The van der Waals surface area contributed by atoms with Gasteiger partial charge in [0, 0.05) is 5.56 Å². The molecule has 0 spiro atoms. The van der Waals surface area contributed by atoms with Gasteiger partial charge in [-0.05, 0) is 26.0 Å². The van der Waals surface area contributed by atoms with Crippen molar-refractivity contribution in [2.75, 3.05) is 17.7 Å². The lowest BCUT2D eigenvalue weighted by Crippen LogP contribution is -2.14. The van der Waals surface area contributed by atoms with Crippen molar-refractivity contribution in [1.29, 1.82) is 0 Å². The Hall–Kier alpha value is -2.78. The lowest BCUT2D eigenvalue weighted by atomic mass is 10.1. The van der Waals surface area contributed by atoms with Crippen molar-refractivity contribution in [2.45, 2.75) is 18.9 Å². The Morgan fingerprint density at radius 1 is 1.14 bits per heavy atom. The number of rotatable bonds is 7. The Morgan fingerprint density at radius 3 is 2.61 bits per heavy atom. The first-order chi connectivity index (χ1) is 13.6. The minimum Gasteiger partial charge on any atom is -0.462 e. The fourth-order valence-corrected chi connectivity index (χ4v) is 3.78. The van der Waals surface area contributed by atoms with Crippen LogP contribution in [-0.4, -0.2) is 39.4 Å². The van der Waals surface area contributed by atoms with E-state index in [-0.39, 0.29) is 11.7 Å². The van der Waals surface area contributed by atoms with Gasteiger partial charge in [-0.1, -0.05) is 53.4 Å². The summed E-state index contributed by atoms with van der Waals surface area (Å²) in [5.74, 6) is -0.503. The molecule has 3 aromatic rings. The maximum atomic E-state index is 12.2. The molecule has 144 valence electrons. The van der Waals surface area contributed by atoms with Gasteiger partial charge >= 0.3 is 5.97 Å². The minimum atomic E-state index is -0.429. The summed E-state index contributed by atoms with van der Waals surface area (Å²) in [7, 11) is 0. The molecule has 0 atom stereocenters. The highest BCUT2D eigenvalue weighted by atomic mass is 32.2. The van der Waals surface area contributed by atoms with Gasteiger partial charge < -0.3 is 10.1 Å². The number of ether oxygens (including phenoxy) is 1. The third kappa shape index (κ3) is 5.14. The quantitative estimate of drug-likeness (QED) is 0.464. The predicted octanol–water partition coefficient (Wildman–Crippen LogP) is 3.82. The van der Waals surface area contributed by atoms with Gasteiger partial charge in [0.2, 0.25) is 5.91 Å². The number of esters is 1. The second kappa shape index (κ2) is 9.43. The predicted molar refractivity (Wildman–Crippen MR) is 110 cm³/mol. The van der Waals surface area contributed by atoms with E-state index in [0.717, 1.165) is 22.6 Å². The number of carbonyl (C=O) groups excluding carboxylic acids is 2. The smallest absolute Gasteiger partial charge is 0.350 e. The molecule has 1 N–H and O–H groups in total. The van der Waals surface area contributed by atoms with Crippen molar-refractivity contribution in [3.8, 4) is 11.3 Å². The summed E-state index contributed by atoms with van der Waals surface area (Å²) in [4.78, 5) is 28.6. The third-order valence-electron chi connectivity index (χ3n) is 3.56. The standard InChI is InChI=1S/C19H18N4O3S2/c1-3-26-18(25)17-12(2)20-19(28-17)21-15(24)11-27-16-10-9-14(22-23-16)13-7-5-4-6-8-13/h4-10H,3,11H2,1-2H3,(H,20,21,24). The lowest BCUT2D eigenvalue weighted by molar-refractivity contribution is -0.113. The molecule has 0 aliphatic heterocycles. The van der Waals surface area contributed by atoms with Gasteiger partial charge in [-0.25, -0.2) is 9.78 Å². The van der Waals surface area contributed by atoms with Gasteiger partial charge in [-0.15, -0.1) is 10.2 Å². The highest BCUT2D eigenvalue weighted by Crippen LogP contribution is 2.24. The number of aromatic nitrogens is 3. The van der Waals surface area contributed by atoms with E-state index in [4.69, 9.17) is 4.74 Å². The first kappa shape index (κ1) is 20.0. The third-order valence-corrected chi connectivity index (χ3v) is 5.54. The SMILES string of the molecule is CCOC(=O)c1sc(NC(=O)CSc2ccc(-c3ccccc3)nn2)nc1C. The summed E-state index contributed by atoms with van der Waals surface area (Å²) < 4.78 is 4.97. The van der Waals surface area contributed by atoms with E-state index in [1.165, 1.54) is 11.8 Å². The summed E-state index contributed by atoms with van der Waals surface area (Å²) >= 11 is 2.38.